The first-order valence-corrected chi connectivity index (χ1v) is 11.9. The van der Waals surface area contributed by atoms with Gasteiger partial charge in [0.15, 0.2) is 7.11 Å². The molecule has 0 spiro atoms. The van der Waals surface area contributed by atoms with Crippen molar-refractivity contribution in [1.82, 2.24) is 0 Å². The summed E-state index contributed by atoms with van der Waals surface area (Å²) in [7, 11) is 1.84. The van der Waals surface area contributed by atoms with Crippen molar-refractivity contribution < 1.29 is 9.47 Å². The predicted octanol–water partition coefficient (Wildman–Crippen LogP) is 7.22. The lowest BCUT2D eigenvalue weighted by Crippen LogP contribution is -2.33. The van der Waals surface area contributed by atoms with E-state index in [1.165, 1.54) is 22.3 Å². The van der Waals surface area contributed by atoms with Gasteiger partial charge in [0.2, 0.25) is 0 Å². The summed E-state index contributed by atoms with van der Waals surface area (Å²) < 4.78 is 11.9. The highest BCUT2D eigenvalue weighted by molar-refractivity contribution is 9.10. The fraction of sp³-hybridized carbons (Fsp3) is 0.286. The van der Waals surface area contributed by atoms with Gasteiger partial charge in [-0.05, 0) is 74.2 Å². The van der Waals surface area contributed by atoms with Crippen LogP contribution in [0.3, 0.4) is 0 Å². The Labute approximate surface area is 199 Å². The van der Waals surface area contributed by atoms with Crippen molar-refractivity contribution in [2.24, 2.45) is 0 Å². The van der Waals surface area contributed by atoms with Gasteiger partial charge in [-0.15, -0.1) is 0 Å². The molecule has 1 aliphatic rings. The maximum atomic E-state index is 6.34. The summed E-state index contributed by atoms with van der Waals surface area (Å²) in [6, 6.07) is 23.3. The van der Waals surface area contributed by atoms with Crippen LogP contribution in [0.5, 0.6) is 5.75 Å². The van der Waals surface area contributed by atoms with Crippen LogP contribution in [0.25, 0.3) is 16.7 Å². The van der Waals surface area contributed by atoms with Crippen molar-refractivity contribution in [1.29, 1.82) is 0 Å². The molecule has 166 valence electrons. The molecule has 0 aromatic heterocycles. The molecule has 32 heavy (non-hydrogen) atoms. The van der Waals surface area contributed by atoms with Crippen LogP contribution >= 0.6 is 15.9 Å². The molecule has 0 fully saturated rings. The maximum absolute atomic E-state index is 6.34. The van der Waals surface area contributed by atoms with Crippen molar-refractivity contribution in [2.45, 2.75) is 38.8 Å². The van der Waals surface area contributed by atoms with Gasteiger partial charge in [-0.25, -0.2) is 0 Å². The van der Waals surface area contributed by atoms with Gasteiger partial charge in [0.05, 0.1) is 23.8 Å². The molecule has 3 nitrogen and oxygen atoms in total. The van der Waals surface area contributed by atoms with Gasteiger partial charge in [-0.3, -0.25) is 0 Å². The topological polar surface area (TPSA) is 34.1 Å². The molecule has 1 heterocycles. The predicted molar refractivity (Wildman–Crippen MR) is 138 cm³/mol. The summed E-state index contributed by atoms with van der Waals surface area (Å²) >= 11 is 3.55. The lowest BCUT2D eigenvalue weighted by Gasteiger charge is -2.34. The van der Waals surface area contributed by atoms with Crippen LogP contribution < -0.4 is 5.32 Å². The maximum Gasteiger partial charge on any atom is 0.262 e. The van der Waals surface area contributed by atoms with Gasteiger partial charge in [0.1, 0.15) is 0 Å². The molecule has 0 saturated carbocycles. The minimum absolute atomic E-state index is 0.0105. The molecule has 1 unspecified atom stereocenters. The monoisotopic (exact) mass is 492 g/mol. The third-order valence-electron chi connectivity index (χ3n) is 5.85. The van der Waals surface area contributed by atoms with Crippen molar-refractivity contribution in [3.63, 3.8) is 0 Å². The smallest absolute Gasteiger partial charge is 0.262 e. The van der Waals surface area contributed by atoms with Gasteiger partial charge in [-0.2, -0.15) is 0 Å². The molecular weight excluding hydrogens is 462 g/mol. The average Bonchev–Trinajstić information content (AvgIpc) is 2.77. The number of rotatable bonds is 7. The number of hydrogen-bond donors (Lipinski definition) is 1. The second kappa shape index (κ2) is 9.51. The molecule has 0 aliphatic carbocycles. The Morgan fingerprint density at radius 1 is 1.00 bits per heavy atom. The number of anilines is 1. The van der Waals surface area contributed by atoms with Gasteiger partial charge >= 0.3 is 0 Å². The highest BCUT2D eigenvalue weighted by Gasteiger charge is 2.28. The lowest BCUT2D eigenvalue weighted by molar-refractivity contribution is 0.106. The molecule has 0 amide bonds. The Hall–Kier alpha value is -2.56. The minimum atomic E-state index is -0.136. The summed E-state index contributed by atoms with van der Waals surface area (Å²) in [6.07, 6.45) is 3.18. The summed E-state index contributed by atoms with van der Waals surface area (Å²) in [5, 5.41) is 3.66. The van der Waals surface area contributed by atoms with Crippen LogP contribution in [0.1, 0.15) is 31.9 Å². The largest absolute Gasteiger partial charge is 0.584 e. The van der Waals surface area contributed by atoms with Crippen LogP contribution in [0.15, 0.2) is 77.3 Å². The van der Waals surface area contributed by atoms with Gasteiger partial charge in [-0.1, -0.05) is 52.3 Å². The van der Waals surface area contributed by atoms with Crippen molar-refractivity contribution >= 4 is 27.2 Å². The van der Waals surface area contributed by atoms with E-state index in [0.717, 1.165) is 27.9 Å². The van der Waals surface area contributed by atoms with E-state index in [1.54, 1.807) is 0 Å². The Morgan fingerprint density at radius 3 is 2.59 bits per heavy atom. The van der Waals surface area contributed by atoms with Crippen molar-refractivity contribution in [3.8, 4) is 16.9 Å². The molecule has 0 saturated heterocycles. The molecular formula is C28H31BrNO2+. The Kier molecular flexibility index (Phi) is 6.73. The highest BCUT2D eigenvalue weighted by Crippen LogP contribution is 2.40. The second-order valence-corrected chi connectivity index (χ2v) is 9.76. The van der Waals surface area contributed by atoms with Crippen LogP contribution in [-0.4, -0.2) is 30.1 Å². The SMILES string of the molecule is C[OH+]c1ccccc1-c1ccc2c(c1)C(C(C)OCCc1cccc(Br)c1)=CC(C)(C)N2. The molecule has 3 aromatic rings. The normalized spacial score (nSPS) is 15.3. The van der Waals surface area contributed by atoms with Gasteiger partial charge < -0.3 is 14.8 Å². The third-order valence-corrected chi connectivity index (χ3v) is 6.34. The number of aromatic hydroxyl groups is 1. The first-order chi connectivity index (χ1) is 15.4. The summed E-state index contributed by atoms with van der Waals surface area (Å²) in [5.74, 6) is 1.00. The van der Waals surface area contributed by atoms with E-state index in [4.69, 9.17) is 4.74 Å². The number of nitrogens with one attached hydrogen (secondary N) is 1. The fourth-order valence-electron chi connectivity index (χ4n) is 4.29. The molecule has 0 radical (unpaired) electrons. The van der Waals surface area contributed by atoms with Crippen LogP contribution in [-0.2, 0) is 11.2 Å². The minimum Gasteiger partial charge on any atom is -0.584 e. The fourth-order valence-corrected chi connectivity index (χ4v) is 4.74. The molecule has 1 aliphatic heterocycles. The zero-order valence-corrected chi connectivity index (χ0v) is 20.7. The number of aliphatic hydroxyl groups is 1. The quantitative estimate of drug-likeness (QED) is 0.353. The van der Waals surface area contributed by atoms with E-state index < -0.39 is 0 Å². The standard InChI is InChI=1S/C28H30BrNO2/c1-19(32-15-14-20-8-7-9-22(29)16-20)25-18-28(2,3)30-26-13-12-21(17-24(25)26)23-10-5-6-11-27(23)31-4/h5-13,16-19,30H,14-15H2,1-4H3/p+1. The van der Waals surface area contributed by atoms with Crippen LogP contribution in [0.4, 0.5) is 5.69 Å². The molecule has 4 rings (SSSR count). The van der Waals surface area contributed by atoms with Gasteiger partial charge in [0, 0.05) is 21.8 Å². The average molecular weight is 493 g/mol. The highest BCUT2D eigenvalue weighted by atomic mass is 79.9. The Bertz CT molecular complexity index is 1140. The first kappa shape index (κ1) is 22.6. The summed E-state index contributed by atoms with van der Waals surface area (Å²) in [5.41, 5.74) is 7.01. The zero-order chi connectivity index (χ0) is 22.7. The number of halogens is 1. The number of para-hydroxylation sites is 1. The number of benzene rings is 3. The zero-order valence-electron chi connectivity index (χ0n) is 19.2. The van der Waals surface area contributed by atoms with Crippen molar-refractivity contribution in [3.05, 3.63) is 88.4 Å². The van der Waals surface area contributed by atoms with Crippen LogP contribution in [0.2, 0.25) is 0 Å². The second-order valence-electron chi connectivity index (χ2n) is 8.84. The number of fused-ring (bicyclic) bond motifs is 1. The molecule has 1 atom stereocenters. The van der Waals surface area contributed by atoms with E-state index >= 15 is 0 Å². The third kappa shape index (κ3) is 5.08. The summed E-state index contributed by atoms with van der Waals surface area (Å²) in [4.78, 5) is 0. The van der Waals surface area contributed by atoms with Crippen molar-refractivity contribution in [2.75, 3.05) is 19.0 Å². The van der Waals surface area contributed by atoms with Crippen LogP contribution in [0, 0.1) is 0 Å². The molecule has 0 bridgehead atoms. The Morgan fingerprint density at radius 2 is 1.81 bits per heavy atom. The lowest BCUT2D eigenvalue weighted by atomic mass is 9.86. The molecule has 3 aromatic carbocycles. The van der Waals surface area contributed by atoms with E-state index in [0.29, 0.717) is 6.61 Å². The Balaban J connectivity index is 1.60. The van der Waals surface area contributed by atoms with Gasteiger partial charge in [0.25, 0.3) is 5.75 Å². The number of hydrogen-bond acceptors (Lipinski definition) is 2. The molecule has 4 heteroatoms. The van der Waals surface area contributed by atoms with E-state index in [9.17, 15) is 0 Å². The van der Waals surface area contributed by atoms with E-state index in [-0.39, 0.29) is 11.6 Å². The molecule has 2 N–H and O–H groups in total. The number of ether oxygens (including phenoxy) is 2. The van der Waals surface area contributed by atoms with E-state index in [1.807, 2.05) is 19.2 Å². The summed E-state index contributed by atoms with van der Waals surface area (Å²) in [6.45, 7) is 7.22. The first-order valence-electron chi connectivity index (χ1n) is 11.1. The van der Waals surface area contributed by atoms with E-state index in [2.05, 4.69) is 107 Å².